The monoisotopic (exact) mass is 236 g/mol. The maximum atomic E-state index is 11.6. The van der Waals surface area contributed by atoms with Crippen molar-refractivity contribution in [3.8, 4) is 0 Å². The van der Waals surface area contributed by atoms with E-state index >= 15 is 0 Å². The molecule has 15 heavy (non-hydrogen) atoms. The van der Waals surface area contributed by atoms with Crippen LogP contribution in [0.1, 0.15) is 26.7 Å². The van der Waals surface area contributed by atoms with Crippen LogP contribution in [0.4, 0.5) is 0 Å². The lowest BCUT2D eigenvalue weighted by atomic mass is 9.95. The van der Waals surface area contributed by atoms with Gasteiger partial charge in [0.05, 0.1) is 5.54 Å². The molecule has 5 heteroatoms. The van der Waals surface area contributed by atoms with Crippen LogP contribution in [0.2, 0.25) is 0 Å². The molecule has 1 fully saturated rings. The van der Waals surface area contributed by atoms with E-state index < -0.39 is 6.10 Å². The van der Waals surface area contributed by atoms with Crippen molar-refractivity contribution in [1.29, 1.82) is 0 Å². The van der Waals surface area contributed by atoms with Crippen molar-refractivity contribution in [2.45, 2.75) is 38.3 Å². The number of amides is 1. The molecule has 1 saturated carbocycles. The van der Waals surface area contributed by atoms with Crippen molar-refractivity contribution in [3.63, 3.8) is 0 Å². The van der Waals surface area contributed by atoms with Gasteiger partial charge in [-0.1, -0.05) is 0 Å². The first-order chi connectivity index (χ1) is 6.53. The van der Waals surface area contributed by atoms with Gasteiger partial charge in [0.25, 0.3) is 0 Å². The minimum absolute atomic E-state index is 0. The Labute approximate surface area is 97.3 Å². The Kier molecular flexibility index (Phi) is 5.56. The standard InChI is InChI=1S/C10H20N2O2.ClH/c1-7(14-3)9(13)12-10(2,6-11)8-4-5-8;/h7-8H,4-6,11H2,1-3H3,(H,12,13);1H. The van der Waals surface area contributed by atoms with Gasteiger partial charge in [0, 0.05) is 13.7 Å². The van der Waals surface area contributed by atoms with Crippen LogP contribution in [0, 0.1) is 5.92 Å². The molecule has 0 aromatic rings. The van der Waals surface area contributed by atoms with Crippen LogP contribution in [0.25, 0.3) is 0 Å². The minimum atomic E-state index is -0.403. The number of nitrogens with two attached hydrogens (primary N) is 1. The second-order valence-electron chi connectivity index (χ2n) is 4.26. The lowest BCUT2D eigenvalue weighted by Gasteiger charge is -2.30. The van der Waals surface area contributed by atoms with E-state index in [0.717, 1.165) is 12.8 Å². The van der Waals surface area contributed by atoms with Gasteiger partial charge in [-0.15, -0.1) is 12.4 Å². The summed E-state index contributed by atoms with van der Waals surface area (Å²) in [6, 6.07) is 0. The van der Waals surface area contributed by atoms with Gasteiger partial charge in [-0.2, -0.15) is 0 Å². The van der Waals surface area contributed by atoms with E-state index in [9.17, 15) is 4.79 Å². The maximum absolute atomic E-state index is 11.6. The average molecular weight is 237 g/mol. The number of ether oxygens (including phenoxy) is 1. The topological polar surface area (TPSA) is 64.3 Å². The zero-order valence-electron chi connectivity index (χ0n) is 9.58. The quantitative estimate of drug-likeness (QED) is 0.738. The molecule has 1 aliphatic carbocycles. The molecular formula is C10H21ClN2O2. The first-order valence-corrected chi connectivity index (χ1v) is 5.08. The molecule has 4 nitrogen and oxygen atoms in total. The highest BCUT2D eigenvalue weighted by Gasteiger charge is 2.42. The van der Waals surface area contributed by atoms with Gasteiger partial charge in [0.15, 0.2) is 0 Å². The summed E-state index contributed by atoms with van der Waals surface area (Å²) in [5.74, 6) is 0.466. The summed E-state index contributed by atoms with van der Waals surface area (Å²) in [5.41, 5.74) is 5.44. The molecule has 0 radical (unpaired) electrons. The van der Waals surface area contributed by atoms with Gasteiger partial charge in [-0.05, 0) is 32.6 Å². The van der Waals surface area contributed by atoms with Crippen LogP contribution in [-0.2, 0) is 9.53 Å². The predicted molar refractivity (Wildman–Crippen MR) is 62.0 cm³/mol. The molecule has 0 saturated heterocycles. The van der Waals surface area contributed by atoms with E-state index in [4.69, 9.17) is 10.5 Å². The largest absolute Gasteiger partial charge is 0.372 e. The lowest BCUT2D eigenvalue weighted by Crippen LogP contribution is -2.55. The maximum Gasteiger partial charge on any atom is 0.249 e. The molecule has 0 heterocycles. The third kappa shape index (κ3) is 3.63. The molecular weight excluding hydrogens is 216 g/mol. The van der Waals surface area contributed by atoms with Crippen molar-refractivity contribution in [3.05, 3.63) is 0 Å². The molecule has 2 unspecified atom stereocenters. The van der Waals surface area contributed by atoms with Crippen molar-refractivity contribution in [2.24, 2.45) is 11.7 Å². The third-order valence-corrected chi connectivity index (χ3v) is 3.03. The van der Waals surface area contributed by atoms with Crippen LogP contribution in [0.15, 0.2) is 0 Å². The number of rotatable bonds is 5. The van der Waals surface area contributed by atoms with Gasteiger partial charge in [-0.25, -0.2) is 0 Å². The van der Waals surface area contributed by atoms with Gasteiger partial charge < -0.3 is 15.8 Å². The van der Waals surface area contributed by atoms with Gasteiger partial charge in [-0.3, -0.25) is 4.79 Å². The van der Waals surface area contributed by atoms with E-state index in [2.05, 4.69) is 5.32 Å². The van der Waals surface area contributed by atoms with Crippen LogP contribution in [-0.4, -0.2) is 31.2 Å². The van der Waals surface area contributed by atoms with Crippen molar-refractivity contribution in [1.82, 2.24) is 5.32 Å². The number of carbonyl (C=O) groups excluding carboxylic acids is 1. The Morgan fingerprint density at radius 2 is 2.20 bits per heavy atom. The first-order valence-electron chi connectivity index (χ1n) is 5.08. The first kappa shape index (κ1) is 14.7. The minimum Gasteiger partial charge on any atom is -0.372 e. The number of halogens is 1. The SMILES string of the molecule is COC(C)C(=O)NC(C)(CN)C1CC1.Cl. The van der Waals surface area contributed by atoms with Crippen LogP contribution in [0.3, 0.4) is 0 Å². The molecule has 0 spiro atoms. The summed E-state index contributed by atoms with van der Waals surface area (Å²) >= 11 is 0. The third-order valence-electron chi connectivity index (χ3n) is 3.03. The molecule has 90 valence electrons. The van der Waals surface area contributed by atoms with Crippen molar-refractivity contribution >= 4 is 18.3 Å². The number of hydrogen-bond acceptors (Lipinski definition) is 3. The fourth-order valence-corrected chi connectivity index (χ4v) is 1.53. The number of nitrogens with one attached hydrogen (secondary N) is 1. The highest BCUT2D eigenvalue weighted by atomic mass is 35.5. The van der Waals surface area contributed by atoms with Gasteiger partial charge in [0.1, 0.15) is 6.10 Å². The lowest BCUT2D eigenvalue weighted by molar-refractivity contribution is -0.132. The summed E-state index contributed by atoms with van der Waals surface area (Å²) in [6.07, 6.45) is 1.92. The molecule has 2 atom stereocenters. The number of carbonyl (C=O) groups is 1. The predicted octanol–water partition coefficient (Wildman–Crippen LogP) is 0.687. The molecule has 0 aromatic heterocycles. The number of hydrogen-bond donors (Lipinski definition) is 2. The molecule has 0 bridgehead atoms. The fourth-order valence-electron chi connectivity index (χ4n) is 1.53. The highest BCUT2D eigenvalue weighted by Crippen LogP contribution is 2.38. The summed E-state index contributed by atoms with van der Waals surface area (Å²) in [4.78, 5) is 11.6. The van der Waals surface area contributed by atoms with E-state index in [1.54, 1.807) is 6.92 Å². The fraction of sp³-hybridized carbons (Fsp3) is 0.900. The highest BCUT2D eigenvalue weighted by molar-refractivity contribution is 5.85. The second-order valence-corrected chi connectivity index (χ2v) is 4.26. The Morgan fingerprint density at radius 3 is 2.53 bits per heavy atom. The molecule has 1 amide bonds. The van der Waals surface area contributed by atoms with Gasteiger partial charge in [0.2, 0.25) is 5.91 Å². The second kappa shape index (κ2) is 5.68. The summed E-state index contributed by atoms with van der Waals surface area (Å²) < 4.78 is 4.95. The Balaban J connectivity index is 0.00000196. The summed E-state index contributed by atoms with van der Waals surface area (Å²) in [5, 5.41) is 2.97. The Hall–Kier alpha value is -0.320. The Morgan fingerprint density at radius 1 is 1.67 bits per heavy atom. The van der Waals surface area contributed by atoms with Crippen molar-refractivity contribution in [2.75, 3.05) is 13.7 Å². The van der Waals surface area contributed by atoms with Crippen LogP contribution < -0.4 is 11.1 Å². The zero-order valence-corrected chi connectivity index (χ0v) is 10.4. The zero-order chi connectivity index (χ0) is 10.8. The summed E-state index contributed by atoms with van der Waals surface area (Å²) in [6.45, 7) is 4.23. The molecule has 0 aliphatic heterocycles. The van der Waals surface area contributed by atoms with Crippen LogP contribution >= 0.6 is 12.4 Å². The van der Waals surface area contributed by atoms with Crippen molar-refractivity contribution < 1.29 is 9.53 Å². The normalized spacial score (nSPS) is 21.1. The van der Waals surface area contributed by atoms with E-state index in [0.29, 0.717) is 12.5 Å². The number of methoxy groups -OCH3 is 1. The molecule has 1 aliphatic rings. The van der Waals surface area contributed by atoms with Crippen LogP contribution in [0.5, 0.6) is 0 Å². The molecule has 0 aromatic carbocycles. The van der Waals surface area contributed by atoms with E-state index in [-0.39, 0.29) is 23.9 Å². The molecule has 3 N–H and O–H groups in total. The molecule has 1 rings (SSSR count). The average Bonchev–Trinajstić information content (AvgIpc) is 2.99. The van der Waals surface area contributed by atoms with E-state index in [1.807, 2.05) is 6.92 Å². The van der Waals surface area contributed by atoms with Gasteiger partial charge >= 0.3 is 0 Å². The smallest absolute Gasteiger partial charge is 0.249 e. The Bertz CT molecular complexity index is 221. The van der Waals surface area contributed by atoms with E-state index in [1.165, 1.54) is 7.11 Å². The summed E-state index contributed by atoms with van der Waals surface area (Å²) in [7, 11) is 1.53.